The number of aryl methyl sites for hydroxylation is 1. The number of carbonyl (C=O) groups is 1. The molecule has 0 aliphatic rings. The van der Waals surface area contributed by atoms with Gasteiger partial charge in [0.15, 0.2) is 0 Å². The third-order valence-electron chi connectivity index (χ3n) is 2.56. The summed E-state index contributed by atoms with van der Waals surface area (Å²) in [7, 11) is 0. The van der Waals surface area contributed by atoms with Crippen LogP contribution in [0.15, 0.2) is 27.2 Å². The summed E-state index contributed by atoms with van der Waals surface area (Å²) in [5, 5.41) is 6.20. The fourth-order valence-corrected chi connectivity index (χ4v) is 1.73. The first kappa shape index (κ1) is 12.8. The average Bonchev–Trinajstić information content (AvgIpc) is 2.64. The van der Waals surface area contributed by atoms with Crippen molar-refractivity contribution in [2.75, 3.05) is 5.32 Å². The van der Waals surface area contributed by atoms with Gasteiger partial charge in [-0.15, -0.1) is 0 Å². The second-order valence-corrected chi connectivity index (χ2v) is 4.72. The van der Waals surface area contributed by atoms with Crippen LogP contribution in [0.5, 0.6) is 0 Å². The fraction of sp³-hybridized carbons (Fsp3) is 0.167. The molecule has 1 aromatic heterocycles. The monoisotopic (exact) mass is 312 g/mol. The minimum atomic E-state index is -0.593. The molecule has 0 saturated heterocycles. The lowest BCUT2D eigenvalue weighted by Crippen LogP contribution is -2.14. The largest absolute Gasteiger partial charge is 0.338 e. The molecular formula is C12H10BrFN2O2. The topological polar surface area (TPSA) is 55.1 Å². The number of carbonyl (C=O) groups excluding carboxylic acids is 1. The lowest BCUT2D eigenvalue weighted by atomic mass is 10.2. The van der Waals surface area contributed by atoms with E-state index in [4.69, 9.17) is 4.52 Å². The van der Waals surface area contributed by atoms with E-state index in [1.165, 1.54) is 18.2 Å². The molecule has 94 valence electrons. The van der Waals surface area contributed by atoms with Crippen molar-refractivity contribution in [3.05, 3.63) is 45.3 Å². The number of nitrogens with one attached hydrogen (secondary N) is 1. The summed E-state index contributed by atoms with van der Waals surface area (Å²) in [5.41, 5.74) is 1.34. The van der Waals surface area contributed by atoms with Gasteiger partial charge in [-0.25, -0.2) is 4.39 Å². The van der Waals surface area contributed by atoms with Gasteiger partial charge in [0, 0.05) is 10.0 Å². The second kappa shape index (κ2) is 4.89. The first-order chi connectivity index (χ1) is 8.49. The van der Waals surface area contributed by atoms with Crippen molar-refractivity contribution in [1.29, 1.82) is 0 Å². The summed E-state index contributed by atoms with van der Waals surface area (Å²) in [6.07, 6.45) is 0. The second-order valence-electron chi connectivity index (χ2n) is 3.80. The van der Waals surface area contributed by atoms with Crippen molar-refractivity contribution in [2.24, 2.45) is 0 Å². The number of anilines is 1. The Bertz CT molecular complexity index is 610. The molecule has 1 aromatic carbocycles. The number of aromatic nitrogens is 1. The van der Waals surface area contributed by atoms with Crippen LogP contribution < -0.4 is 5.32 Å². The molecule has 6 heteroatoms. The maximum atomic E-state index is 13.5. The Labute approximate surface area is 111 Å². The zero-order valence-corrected chi connectivity index (χ0v) is 11.3. The Morgan fingerprint density at radius 3 is 2.78 bits per heavy atom. The lowest BCUT2D eigenvalue weighted by Gasteiger charge is -2.04. The Morgan fingerprint density at radius 2 is 2.17 bits per heavy atom. The SMILES string of the molecule is Cc1noc(NC(=O)c2cc(Br)ccc2F)c1C. The Balaban J connectivity index is 2.27. The maximum Gasteiger partial charge on any atom is 0.261 e. The van der Waals surface area contributed by atoms with Gasteiger partial charge >= 0.3 is 0 Å². The van der Waals surface area contributed by atoms with E-state index >= 15 is 0 Å². The highest BCUT2D eigenvalue weighted by Gasteiger charge is 2.16. The number of hydrogen-bond acceptors (Lipinski definition) is 3. The highest BCUT2D eigenvalue weighted by Crippen LogP contribution is 2.20. The Morgan fingerprint density at radius 1 is 1.44 bits per heavy atom. The van der Waals surface area contributed by atoms with Gasteiger partial charge in [0.05, 0.1) is 11.3 Å². The summed E-state index contributed by atoms with van der Waals surface area (Å²) < 4.78 is 19.1. The molecule has 0 atom stereocenters. The zero-order chi connectivity index (χ0) is 13.3. The smallest absolute Gasteiger partial charge is 0.261 e. The molecule has 1 N–H and O–H groups in total. The molecule has 1 heterocycles. The molecule has 2 rings (SSSR count). The zero-order valence-electron chi connectivity index (χ0n) is 9.75. The molecule has 0 bridgehead atoms. The van der Waals surface area contributed by atoms with E-state index < -0.39 is 11.7 Å². The average molecular weight is 313 g/mol. The van der Waals surface area contributed by atoms with E-state index in [0.29, 0.717) is 10.2 Å². The number of halogens is 2. The van der Waals surface area contributed by atoms with E-state index in [0.717, 1.165) is 5.56 Å². The number of amides is 1. The van der Waals surface area contributed by atoms with Crippen LogP contribution in [0.25, 0.3) is 0 Å². The van der Waals surface area contributed by atoms with Crippen LogP contribution in [0.4, 0.5) is 10.3 Å². The summed E-state index contributed by atoms with van der Waals surface area (Å²) in [6, 6.07) is 4.15. The molecular weight excluding hydrogens is 303 g/mol. The standard InChI is InChI=1S/C12H10BrFN2O2/c1-6-7(2)16-18-12(6)15-11(17)9-5-8(13)3-4-10(9)14/h3-5H,1-2H3,(H,15,17). The first-order valence-corrected chi connectivity index (χ1v) is 5.97. The molecule has 0 fully saturated rings. The molecule has 1 amide bonds. The number of nitrogens with zero attached hydrogens (tertiary/aromatic N) is 1. The molecule has 18 heavy (non-hydrogen) atoms. The van der Waals surface area contributed by atoms with Crippen molar-refractivity contribution in [2.45, 2.75) is 13.8 Å². The number of rotatable bonds is 2. The highest BCUT2D eigenvalue weighted by atomic mass is 79.9. The van der Waals surface area contributed by atoms with E-state index in [2.05, 4.69) is 26.4 Å². The molecule has 2 aromatic rings. The number of benzene rings is 1. The van der Waals surface area contributed by atoms with Crippen molar-refractivity contribution in [3.8, 4) is 0 Å². The van der Waals surface area contributed by atoms with Crippen LogP contribution in [0.2, 0.25) is 0 Å². The van der Waals surface area contributed by atoms with Gasteiger partial charge in [0.2, 0.25) is 5.88 Å². The van der Waals surface area contributed by atoms with E-state index in [1.54, 1.807) is 13.8 Å². The third-order valence-corrected chi connectivity index (χ3v) is 3.05. The highest BCUT2D eigenvalue weighted by molar-refractivity contribution is 9.10. The van der Waals surface area contributed by atoms with Crippen molar-refractivity contribution in [1.82, 2.24) is 5.16 Å². The Hall–Kier alpha value is -1.69. The molecule has 0 radical (unpaired) electrons. The quantitative estimate of drug-likeness (QED) is 0.924. The van der Waals surface area contributed by atoms with Crippen LogP contribution in [0.3, 0.4) is 0 Å². The molecule has 0 aliphatic carbocycles. The van der Waals surface area contributed by atoms with E-state index in [-0.39, 0.29) is 11.4 Å². The van der Waals surface area contributed by atoms with Gasteiger partial charge in [0.1, 0.15) is 5.82 Å². The fourth-order valence-electron chi connectivity index (χ4n) is 1.37. The van der Waals surface area contributed by atoms with Gasteiger partial charge in [-0.05, 0) is 32.0 Å². The predicted octanol–water partition coefficient (Wildman–Crippen LogP) is 3.45. The van der Waals surface area contributed by atoms with Gasteiger partial charge in [-0.1, -0.05) is 21.1 Å². The van der Waals surface area contributed by atoms with Crippen molar-refractivity contribution < 1.29 is 13.7 Å². The minimum Gasteiger partial charge on any atom is -0.338 e. The van der Waals surface area contributed by atoms with Crippen LogP contribution >= 0.6 is 15.9 Å². The Kier molecular flexibility index (Phi) is 3.47. The van der Waals surface area contributed by atoms with Crippen LogP contribution in [0, 0.1) is 19.7 Å². The first-order valence-electron chi connectivity index (χ1n) is 5.18. The summed E-state index contributed by atoms with van der Waals surface area (Å²) in [5.74, 6) is -0.936. The summed E-state index contributed by atoms with van der Waals surface area (Å²) in [6.45, 7) is 3.52. The lowest BCUT2D eigenvalue weighted by molar-refractivity contribution is 0.102. The third kappa shape index (κ3) is 2.43. The predicted molar refractivity (Wildman–Crippen MR) is 68.0 cm³/mol. The number of hydrogen-bond donors (Lipinski definition) is 1. The van der Waals surface area contributed by atoms with Gasteiger partial charge in [-0.3, -0.25) is 10.1 Å². The molecule has 4 nitrogen and oxygen atoms in total. The van der Waals surface area contributed by atoms with Gasteiger partial charge in [-0.2, -0.15) is 0 Å². The molecule has 0 spiro atoms. The van der Waals surface area contributed by atoms with E-state index in [1.807, 2.05) is 0 Å². The van der Waals surface area contributed by atoms with E-state index in [9.17, 15) is 9.18 Å². The van der Waals surface area contributed by atoms with Gasteiger partial charge in [0.25, 0.3) is 5.91 Å². The normalized spacial score (nSPS) is 10.4. The molecule has 0 saturated carbocycles. The molecule has 0 unspecified atom stereocenters. The summed E-state index contributed by atoms with van der Waals surface area (Å²) >= 11 is 3.19. The van der Waals surface area contributed by atoms with Crippen LogP contribution in [0.1, 0.15) is 21.6 Å². The van der Waals surface area contributed by atoms with Crippen molar-refractivity contribution in [3.63, 3.8) is 0 Å². The van der Waals surface area contributed by atoms with Gasteiger partial charge < -0.3 is 4.52 Å². The minimum absolute atomic E-state index is 0.0576. The maximum absolute atomic E-state index is 13.5. The van der Waals surface area contributed by atoms with Crippen molar-refractivity contribution >= 4 is 27.7 Å². The van der Waals surface area contributed by atoms with Crippen LogP contribution in [-0.2, 0) is 0 Å². The molecule has 0 aliphatic heterocycles. The summed E-state index contributed by atoms with van der Waals surface area (Å²) in [4.78, 5) is 11.9. The van der Waals surface area contributed by atoms with Crippen LogP contribution in [-0.4, -0.2) is 11.1 Å².